The van der Waals surface area contributed by atoms with Gasteiger partial charge in [0, 0.05) is 0 Å². The molecule has 3 amide bonds. The fourth-order valence-corrected chi connectivity index (χ4v) is 1.45. The van der Waals surface area contributed by atoms with E-state index in [-0.39, 0.29) is 11.5 Å². The van der Waals surface area contributed by atoms with E-state index in [4.69, 9.17) is 18.0 Å². The van der Waals surface area contributed by atoms with Crippen LogP contribution in [0.2, 0.25) is 0 Å². The Bertz CT molecular complexity index is 369. The Morgan fingerprint density at radius 2 is 2.19 bits per heavy atom. The summed E-state index contributed by atoms with van der Waals surface area (Å²) in [5.41, 5.74) is 5.36. The molecule has 0 aromatic heterocycles. The SMILES string of the molecule is CC(C(=O)N1CC(=O)NC(=O)C1C)C(N)=S. The molecule has 0 bridgehead atoms. The molecule has 1 heterocycles. The van der Waals surface area contributed by atoms with E-state index in [1.807, 2.05) is 0 Å². The molecule has 88 valence electrons. The monoisotopic (exact) mass is 243 g/mol. The van der Waals surface area contributed by atoms with E-state index in [9.17, 15) is 14.4 Å². The quantitative estimate of drug-likeness (QED) is 0.468. The summed E-state index contributed by atoms with van der Waals surface area (Å²) in [6, 6.07) is -0.679. The van der Waals surface area contributed by atoms with Crippen LogP contribution in [0.5, 0.6) is 0 Å². The Morgan fingerprint density at radius 3 is 2.69 bits per heavy atom. The zero-order chi connectivity index (χ0) is 12.5. The molecule has 16 heavy (non-hydrogen) atoms. The lowest BCUT2D eigenvalue weighted by Gasteiger charge is -2.33. The maximum absolute atomic E-state index is 11.9. The summed E-state index contributed by atoms with van der Waals surface area (Å²) in [5.74, 6) is -2.05. The molecule has 3 N–H and O–H groups in total. The summed E-state index contributed by atoms with van der Waals surface area (Å²) in [5, 5.41) is 2.15. The van der Waals surface area contributed by atoms with Gasteiger partial charge in [-0.3, -0.25) is 19.7 Å². The van der Waals surface area contributed by atoms with Gasteiger partial charge < -0.3 is 10.6 Å². The Labute approximate surface area is 98.1 Å². The van der Waals surface area contributed by atoms with Crippen LogP contribution in [-0.2, 0) is 14.4 Å². The first-order valence-corrected chi connectivity index (χ1v) is 5.19. The van der Waals surface area contributed by atoms with Crippen LogP contribution >= 0.6 is 12.2 Å². The molecule has 0 aromatic rings. The maximum atomic E-state index is 11.9. The van der Waals surface area contributed by atoms with Crippen LogP contribution in [0.4, 0.5) is 0 Å². The summed E-state index contributed by atoms with van der Waals surface area (Å²) in [6.07, 6.45) is 0. The van der Waals surface area contributed by atoms with Gasteiger partial charge in [0.05, 0.1) is 10.9 Å². The lowest BCUT2D eigenvalue weighted by Crippen LogP contribution is -2.60. The molecule has 1 fully saturated rings. The third-order valence-electron chi connectivity index (χ3n) is 2.50. The number of carbonyl (C=O) groups excluding carboxylic acids is 3. The van der Waals surface area contributed by atoms with Gasteiger partial charge in [0.2, 0.25) is 17.7 Å². The number of nitrogens with zero attached hydrogens (tertiary/aromatic N) is 1. The van der Waals surface area contributed by atoms with Crippen molar-refractivity contribution >= 4 is 34.9 Å². The highest BCUT2D eigenvalue weighted by Crippen LogP contribution is 2.10. The van der Waals surface area contributed by atoms with E-state index in [1.165, 1.54) is 4.90 Å². The second kappa shape index (κ2) is 4.56. The molecular weight excluding hydrogens is 230 g/mol. The second-order valence-electron chi connectivity index (χ2n) is 3.68. The van der Waals surface area contributed by atoms with Gasteiger partial charge in [0.1, 0.15) is 12.6 Å². The normalized spacial score (nSPS) is 22.6. The van der Waals surface area contributed by atoms with E-state index in [2.05, 4.69) is 5.32 Å². The average Bonchev–Trinajstić information content (AvgIpc) is 2.21. The number of hydrogen-bond acceptors (Lipinski definition) is 4. The summed E-state index contributed by atoms with van der Waals surface area (Å²) in [4.78, 5) is 35.6. The number of thiocarbonyl (C=S) groups is 1. The standard InChI is InChI=1S/C9H13N3O3S/c1-4(7(10)16)9(15)12-3-6(13)11-8(14)5(12)2/h4-5H,3H2,1-2H3,(H2,10,16)(H,11,13,14). The lowest BCUT2D eigenvalue weighted by atomic mass is 10.1. The van der Waals surface area contributed by atoms with E-state index in [0.717, 1.165) is 0 Å². The van der Waals surface area contributed by atoms with E-state index < -0.39 is 29.7 Å². The number of amides is 3. The summed E-state index contributed by atoms with van der Waals surface area (Å²) >= 11 is 4.71. The van der Waals surface area contributed by atoms with Crippen molar-refractivity contribution in [3.63, 3.8) is 0 Å². The van der Waals surface area contributed by atoms with E-state index >= 15 is 0 Å². The number of rotatable bonds is 2. The lowest BCUT2D eigenvalue weighted by molar-refractivity contribution is -0.150. The smallest absolute Gasteiger partial charge is 0.249 e. The van der Waals surface area contributed by atoms with Gasteiger partial charge in [-0.15, -0.1) is 0 Å². The molecule has 2 unspecified atom stereocenters. The number of nitrogens with two attached hydrogens (primary N) is 1. The molecule has 0 saturated carbocycles. The van der Waals surface area contributed by atoms with Gasteiger partial charge in [-0.25, -0.2) is 0 Å². The van der Waals surface area contributed by atoms with Crippen molar-refractivity contribution in [2.75, 3.05) is 6.54 Å². The first kappa shape index (κ1) is 12.6. The predicted molar refractivity (Wildman–Crippen MR) is 60.3 cm³/mol. The Kier molecular flexibility index (Phi) is 3.58. The van der Waals surface area contributed by atoms with Crippen LogP contribution in [0.25, 0.3) is 0 Å². The zero-order valence-electron chi connectivity index (χ0n) is 9.02. The highest BCUT2D eigenvalue weighted by Gasteiger charge is 2.35. The van der Waals surface area contributed by atoms with Gasteiger partial charge in [-0.05, 0) is 13.8 Å². The molecule has 1 aliphatic rings. The fourth-order valence-electron chi connectivity index (χ4n) is 1.35. The summed E-state index contributed by atoms with van der Waals surface area (Å²) in [6.45, 7) is 2.96. The average molecular weight is 243 g/mol. The zero-order valence-corrected chi connectivity index (χ0v) is 9.84. The van der Waals surface area contributed by atoms with Crippen LogP contribution < -0.4 is 11.1 Å². The Morgan fingerprint density at radius 1 is 1.62 bits per heavy atom. The Balaban J connectivity index is 2.86. The predicted octanol–water partition coefficient (Wildman–Crippen LogP) is -1.22. The molecule has 0 aromatic carbocycles. The minimum absolute atomic E-state index is 0.0515. The highest BCUT2D eigenvalue weighted by molar-refractivity contribution is 7.80. The molecule has 1 saturated heterocycles. The topological polar surface area (TPSA) is 92.5 Å². The van der Waals surface area contributed by atoms with Gasteiger partial charge in [0.15, 0.2) is 0 Å². The highest BCUT2D eigenvalue weighted by atomic mass is 32.1. The molecule has 0 aliphatic carbocycles. The van der Waals surface area contributed by atoms with Crippen molar-refractivity contribution in [3.05, 3.63) is 0 Å². The molecule has 6 nitrogen and oxygen atoms in total. The largest absolute Gasteiger partial charge is 0.393 e. The van der Waals surface area contributed by atoms with Gasteiger partial charge in [-0.2, -0.15) is 0 Å². The molecule has 1 aliphatic heterocycles. The first-order chi connectivity index (χ1) is 7.34. The van der Waals surface area contributed by atoms with Crippen LogP contribution in [0, 0.1) is 5.92 Å². The maximum Gasteiger partial charge on any atom is 0.249 e. The minimum atomic E-state index is -0.679. The van der Waals surface area contributed by atoms with E-state index in [0.29, 0.717) is 0 Å². The van der Waals surface area contributed by atoms with Crippen LogP contribution in [0.3, 0.4) is 0 Å². The molecule has 1 rings (SSSR count). The molecule has 7 heteroatoms. The van der Waals surface area contributed by atoms with Crippen molar-refractivity contribution in [1.29, 1.82) is 0 Å². The van der Waals surface area contributed by atoms with Crippen LogP contribution in [0.15, 0.2) is 0 Å². The molecule has 0 radical (unpaired) electrons. The van der Waals surface area contributed by atoms with Crippen molar-refractivity contribution in [1.82, 2.24) is 10.2 Å². The third-order valence-corrected chi connectivity index (χ3v) is 2.86. The van der Waals surface area contributed by atoms with Gasteiger partial charge >= 0.3 is 0 Å². The van der Waals surface area contributed by atoms with Crippen molar-refractivity contribution in [2.45, 2.75) is 19.9 Å². The van der Waals surface area contributed by atoms with Gasteiger partial charge in [0.25, 0.3) is 0 Å². The molecular formula is C9H13N3O3S. The number of carbonyl (C=O) groups is 3. The number of piperazine rings is 1. The summed E-state index contributed by atoms with van der Waals surface area (Å²) in [7, 11) is 0. The number of nitrogens with one attached hydrogen (secondary N) is 1. The first-order valence-electron chi connectivity index (χ1n) is 4.78. The Hall–Kier alpha value is -1.50. The van der Waals surface area contributed by atoms with Crippen LogP contribution in [0.1, 0.15) is 13.8 Å². The van der Waals surface area contributed by atoms with Crippen molar-refractivity contribution in [3.8, 4) is 0 Å². The number of imide groups is 1. The minimum Gasteiger partial charge on any atom is -0.393 e. The molecule has 2 atom stereocenters. The van der Waals surface area contributed by atoms with Crippen molar-refractivity contribution < 1.29 is 14.4 Å². The number of hydrogen-bond donors (Lipinski definition) is 2. The van der Waals surface area contributed by atoms with Crippen molar-refractivity contribution in [2.24, 2.45) is 11.7 Å². The van der Waals surface area contributed by atoms with E-state index in [1.54, 1.807) is 13.8 Å². The summed E-state index contributed by atoms with van der Waals surface area (Å²) < 4.78 is 0. The van der Waals surface area contributed by atoms with Gasteiger partial charge in [-0.1, -0.05) is 12.2 Å². The van der Waals surface area contributed by atoms with Crippen LogP contribution in [-0.4, -0.2) is 40.2 Å². The molecule has 0 spiro atoms. The third kappa shape index (κ3) is 2.35. The second-order valence-corrected chi connectivity index (χ2v) is 4.15. The fraction of sp³-hybridized carbons (Fsp3) is 0.556.